The van der Waals surface area contributed by atoms with Crippen LogP contribution in [-0.4, -0.2) is 17.4 Å². The van der Waals surface area contributed by atoms with Crippen molar-refractivity contribution >= 4 is 17.2 Å². The fourth-order valence-electron chi connectivity index (χ4n) is 1.55. The van der Waals surface area contributed by atoms with Crippen LogP contribution in [0.3, 0.4) is 0 Å². The Morgan fingerprint density at radius 2 is 2.05 bits per heavy atom. The van der Waals surface area contributed by atoms with Gasteiger partial charge in [-0.25, -0.2) is 4.99 Å². The molecule has 1 aromatic carbocycles. The number of nitrogens with two attached hydrogens (primary N) is 2. The van der Waals surface area contributed by atoms with Gasteiger partial charge in [0.2, 0.25) is 0 Å². The molecule has 0 atom stereocenters. The fraction of sp³-hybridized carbons (Fsp3) is 0.0769. The number of alkyl halides is 2. The van der Waals surface area contributed by atoms with Crippen LogP contribution < -0.4 is 16.2 Å². The smallest absolute Gasteiger partial charge is 0.387 e. The van der Waals surface area contributed by atoms with Gasteiger partial charge in [0.1, 0.15) is 11.4 Å². The highest BCUT2D eigenvalue weighted by molar-refractivity contribution is 6.01. The van der Waals surface area contributed by atoms with Crippen molar-refractivity contribution in [3.63, 3.8) is 0 Å². The third-order valence-electron chi connectivity index (χ3n) is 2.37. The zero-order valence-electron chi connectivity index (χ0n) is 10.3. The number of hydrogen-bond donors (Lipinski definition) is 2. The lowest BCUT2D eigenvalue weighted by Gasteiger charge is -2.06. The average Bonchev–Trinajstić information content (AvgIpc) is 2.38. The Morgan fingerprint density at radius 3 is 2.75 bits per heavy atom. The van der Waals surface area contributed by atoms with Crippen molar-refractivity contribution in [3.8, 4) is 5.75 Å². The molecule has 1 aromatic heterocycles. The molecule has 1 heterocycles. The van der Waals surface area contributed by atoms with E-state index in [1.807, 2.05) is 0 Å². The SMILES string of the molecule is NC(=Nc1cccc(OC(F)F)c1)c1ncccc1N. The van der Waals surface area contributed by atoms with E-state index >= 15 is 0 Å². The summed E-state index contributed by atoms with van der Waals surface area (Å²) >= 11 is 0. The number of aromatic nitrogens is 1. The van der Waals surface area contributed by atoms with E-state index in [9.17, 15) is 8.78 Å². The third-order valence-corrected chi connectivity index (χ3v) is 2.37. The molecule has 0 aliphatic rings. The highest BCUT2D eigenvalue weighted by Crippen LogP contribution is 2.22. The van der Waals surface area contributed by atoms with Gasteiger partial charge >= 0.3 is 6.61 Å². The number of anilines is 1. The van der Waals surface area contributed by atoms with Crippen LogP contribution in [0.25, 0.3) is 0 Å². The molecular formula is C13H12F2N4O. The number of pyridine rings is 1. The summed E-state index contributed by atoms with van der Waals surface area (Å²) in [7, 11) is 0. The first-order valence-electron chi connectivity index (χ1n) is 5.66. The molecule has 0 saturated carbocycles. The predicted octanol–water partition coefficient (Wildman–Crippen LogP) is 2.30. The summed E-state index contributed by atoms with van der Waals surface area (Å²) in [4.78, 5) is 8.10. The number of rotatable bonds is 4. The maximum absolute atomic E-state index is 12.1. The second-order valence-electron chi connectivity index (χ2n) is 3.81. The minimum absolute atomic E-state index is 0.00282. The number of aliphatic imine (C=N–C) groups is 1. The first kappa shape index (κ1) is 13.7. The molecule has 0 bridgehead atoms. The number of amidine groups is 1. The molecule has 0 aliphatic carbocycles. The lowest BCUT2D eigenvalue weighted by Crippen LogP contribution is -2.16. The molecular weight excluding hydrogens is 266 g/mol. The number of benzene rings is 1. The number of halogens is 2. The van der Waals surface area contributed by atoms with Crippen molar-refractivity contribution in [2.75, 3.05) is 5.73 Å². The monoisotopic (exact) mass is 278 g/mol. The molecule has 0 aliphatic heterocycles. The Morgan fingerprint density at radius 1 is 1.25 bits per heavy atom. The summed E-state index contributed by atoms with van der Waals surface area (Å²) in [5.41, 5.74) is 12.6. The molecule has 4 N–H and O–H groups in total. The Balaban J connectivity index is 2.28. The average molecular weight is 278 g/mol. The quantitative estimate of drug-likeness (QED) is 0.663. The van der Waals surface area contributed by atoms with Crippen LogP contribution in [0.2, 0.25) is 0 Å². The van der Waals surface area contributed by atoms with E-state index in [-0.39, 0.29) is 11.6 Å². The topological polar surface area (TPSA) is 86.5 Å². The van der Waals surface area contributed by atoms with Crippen LogP contribution in [0.4, 0.5) is 20.2 Å². The Bertz CT molecular complexity index is 631. The molecule has 0 radical (unpaired) electrons. The molecule has 0 unspecified atom stereocenters. The van der Waals surface area contributed by atoms with Crippen LogP contribution in [0.15, 0.2) is 47.6 Å². The van der Waals surface area contributed by atoms with Gasteiger partial charge in [0.15, 0.2) is 5.84 Å². The van der Waals surface area contributed by atoms with E-state index in [4.69, 9.17) is 11.5 Å². The summed E-state index contributed by atoms with van der Waals surface area (Å²) in [6, 6.07) is 9.19. The Kier molecular flexibility index (Phi) is 4.09. The van der Waals surface area contributed by atoms with Gasteiger partial charge in [-0.15, -0.1) is 0 Å². The molecule has 0 amide bonds. The van der Waals surface area contributed by atoms with Gasteiger partial charge in [-0.3, -0.25) is 4.98 Å². The van der Waals surface area contributed by atoms with Crippen LogP contribution in [0.5, 0.6) is 5.75 Å². The zero-order chi connectivity index (χ0) is 14.5. The molecule has 0 saturated heterocycles. The van der Waals surface area contributed by atoms with Crippen molar-refractivity contribution in [2.24, 2.45) is 10.7 Å². The minimum Gasteiger partial charge on any atom is -0.435 e. The molecule has 0 fully saturated rings. The van der Waals surface area contributed by atoms with E-state index in [0.717, 1.165) is 0 Å². The Labute approximate surface area is 113 Å². The lowest BCUT2D eigenvalue weighted by atomic mass is 10.2. The van der Waals surface area contributed by atoms with Crippen molar-refractivity contribution < 1.29 is 13.5 Å². The van der Waals surface area contributed by atoms with E-state index in [2.05, 4.69) is 14.7 Å². The normalized spacial score (nSPS) is 11.7. The summed E-state index contributed by atoms with van der Waals surface area (Å²) in [5, 5.41) is 0. The van der Waals surface area contributed by atoms with Crippen molar-refractivity contribution in [3.05, 3.63) is 48.3 Å². The number of ether oxygens (including phenoxy) is 1. The van der Waals surface area contributed by atoms with E-state index in [0.29, 0.717) is 17.1 Å². The van der Waals surface area contributed by atoms with Crippen molar-refractivity contribution in [1.82, 2.24) is 4.98 Å². The summed E-state index contributed by atoms with van der Waals surface area (Å²) in [6.07, 6.45) is 1.53. The molecule has 2 aromatic rings. The third kappa shape index (κ3) is 3.41. The second-order valence-corrected chi connectivity index (χ2v) is 3.81. The van der Waals surface area contributed by atoms with Crippen LogP contribution in [-0.2, 0) is 0 Å². The number of nitrogen functional groups attached to an aromatic ring is 1. The zero-order valence-corrected chi connectivity index (χ0v) is 10.3. The van der Waals surface area contributed by atoms with E-state index < -0.39 is 6.61 Å². The summed E-state index contributed by atoms with van der Waals surface area (Å²) < 4.78 is 28.5. The predicted molar refractivity (Wildman–Crippen MR) is 72.1 cm³/mol. The molecule has 5 nitrogen and oxygen atoms in total. The maximum atomic E-state index is 12.1. The van der Waals surface area contributed by atoms with Crippen LogP contribution in [0, 0.1) is 0 Å². The molecule has 0 spiro atoms. The minimum atomic E-state index is -2.89. The highest BCUT2D eigenvalue weighted by Gasteiger charge is 2.07. The van der Waals surface area contributed by atoms with Gasteiger partial charge in [-0.05, 0) is 24.3 Å². The lowest BCUT2D eigenvalue weighted by molar-refractivity contribution is -0.0498. The van der Waals surface area contributed by atoms with Gasteiger partial charge < -0.3 is 16.2 Å². The number of nitrogens with zero attached hydrogens (tertiary/aromatic N) is 2. The molecule has 104 valence electrons. The standard InChI is InChI=1S/C13H12F2N4O/c14-13(15)20-9-4-1-3-8(7-9)19-12(17)11-10(16)5-2-6-18-11/h1-7,13H,16H2,(H2,17,19). The van der Waals surface area contributed by atoms with Gasteiger partial charge in [-0.1, -0.05) is 6.07 Å². The fourth-order valence-corrected chi connectivity index (χ4v) is 1.55. The number of hydrogen-bond acceptors (Lipinski definition) is 4. The maximum Gasteiger partial charge on any atom is 0.387 e. The van der Waals surface area contributed by atoms with Gasteiger partial charge in [-0.2, -0.15) is 8.78 Å². The van der Waals surface area contributed by atoms with Crippen LogP contribution in [0.1, 0.15) is 5.69 Å². The first-order valence-corrected chi connectivity index (χ1v) is 5.66. The molecule has 7 heteroatoms. The van der Waals surface area contributed by atoms with Gasteiger partial charge in [0, 0.05) is 12.3 Å². The van der Waals surface area contributed by atoms with Gasteiger partial charge in [0.05, 0.1) is 11.4 Å². The molecule has 2 rings (SSSR count). The molecule has 20 heavy (non-hydrogen) atoms. The van der Waals surface area contributed by atoms with Crippen molar-refractivity contribution in [2.45, 2.75) is 6.61 Å². The highest BCUT2D eigenvalue weighted by atomic mass is 19.3. The summed E-state index contributed by atoms with van der Waals surface area (Å²) in [5.74, 6) is 0.0975. The van der Waals surface area contributed by atoms with E-state index in [1.165, 1.54) is 24.4 Å². The van der Waals surface area contributed by atoms with Gasteiger partial charge in [0.25, 0.3) is 0 Å². The first-order chi connectivity index (χ1) is 9.56. The van der Waals surface area contributed by atoms with E-state index in [1.54, 1.807) is 18.2 Å². The Hall–Kier alpha value is -2.70. The summed E-state index contributed by atoms with van der Waals surface area (Å²) in [6.45, 7) is -2.89. The van der Waals surface area contributed by atoms with Crippen LogP contribution >= 0.6 is 0 Å². The second kappa shape index (κ2) is 5.96. The largest absolute Gasteiger partial charge is 0.435 e. The van der Waals surface area contributed by atoms with Crippen molar-refractivity contribution in [1.29, 1.82) is 0 Å².